The van der Waals surface area contributed by atoms with Crippen LogP contribution >= 0.6 is 11.3 Å². The Kier molecular flexibility index (Phi) is 6.33. The van der Waals surface area contributed by atoms with E-state index >= 15 is 0 Å². The zero-order chi connectivity index (χ0) is 30.3. The maximum absolute atomic E-state index is 13.9. The first kappa shape index (κ1) is 28.1. The number of carbonyl (C=O) groups is 4. The SMILES string of the molecule is Cc1cc(C(F)(F)F)nc(-c2ccnc3cc(CN4C(=O)C5C(C4=O)C5(C)C)sc23)c1C(=O)N1CCC(NC(N)=O)C1. The van der Waals surface area contributed by atoms with Gasteiger partial charge in [0.05, 0.1) is 39.9 Å². The minimum Gasteiger partial charge on any atom is -0.352 e. The first-order valence-electron chi connectivity index (χ1n) is 13.4. The number of hydrogen-bond donors (Lipinski definition) is 2. The average Bonchev–Trinajstić information content (AvgIpc) is 3.30. The van der Waals surface area contributed by atoms with Crippen molar-refractivity contribution in [2.45, 2.75) is 46.0 Å². The Morgan fingerprint density at radius 2 is 1.88 bits per heavy atom. The third-order valence-electron chi connectivity index (χ3n) is 8.47. The lowest BCUT2D eigenvalue weighted by Crippen LogP contribution is -2.41. The molecule has 220 valence electrons. The van der Waals surface area contributed by atoms with Crippen LogP contribution in [0.15, 0.2) is 24.4 Å². The molecule has 3 aromatic rings. The minimum absolute atomic E-state index is 0.0115. The molecule has 3 N–H and O–H groups in total. The zero-order valence-electron chi connectivity index (χ0n) is 22.9. The van der Waals surface area contributed by atoms with E-state index in [1.54, 1.807) is 6.07 Å². The normalized spacial score (nSPS) is 23.0. The van der Waals surface area contributed by atoms with E-state index in [9.17, 15) is 32.3 Å². The largest absolute Gasteiger partial charge is 0.433 e. The Morgan fingerprint density at radius 3 is 2.52 bits per heavy atom. The van der Waals surface area contributed by atoms with E-state index in [1.807, 2.05) is 13.8 Å². The van der Waals surface area contributed by atoms with Crippen molar-refractivity contribution in [2.24, 2.45) is 23.0 Å². The van der Waals surface area contributed by atoms with E-state index in [2.05, 4.69) is 15.3 Å². The van der Waals surface area contributed by atoms with Crippen LogP contribution in [-0.2, 0) is 22.3 Å². The van der Waals surface area contributed by atoms with Crippen LogP contribution in [0.3, 0.4) is 0 Å². The van der Waals surface area contributed by atoms with Crippen molar-refractivity contribution in [3.63, 3.8) is 0 Å². The van der Waals surface area contributed by atoms with Crippen LogP contribution in [0.1, 0.15) is 46.8 Å². The Hall–Kier alpha value is -4.07. The van der Waals surface area contributed by atoms with E-state index in [0.717, 1.165) is 6.07 Å². The van der Waals surface area contributed by atoms with Crippen molar-refractivity contribution in [3.05, 3.63) is 46.1 Å². The van der Waals surface area contributed by atoms with Crippen molar-refractivity contribution in [1.82, 2.24) is 25.1 Å². The van der Waals surface area contributed by atoms with E-state index < -0.39 is 23.8 Å². The molecule has 0 aromatic carbocycles. The van der Waals surface area contributed by atoms with Crippen LogP contribution in [0.2, 0.25) is 0 Å². The van der Waals surface area contributed by atoms with Crippen LogP contribution in [0.5, 0.6) is 0 Å². The molecule has 42 heavy (non-hydrogen) atoms. The van der Waals surface area contributed by atoms with Gasteiger partial charge in [0.1, 0.15) is 5.69 Å². The fourth-order valence-corrected chi connectivity index (χ4v) is 7.39. The second kappa shape index (κ2) is 9.48. The van der Waals surface area contributed by atoms with Crippen molar-refractivity contribution in [1.29, 1.82) is 0 Å². The molecule has 0 bridgehead atoms. The number of imide groups is 1. The second-order valence-electron chi connectivity index (χ2n) is 11.6. The number of primary amides is 1. The number of piperidine rings is 1. The van der Waals surface area contributed by atoms with Gasteiger partial charge in [0.15, 0.2) is 0 Å². The van der Waals surface area contributed by atoms with Crippen molar-refractivity contribution >= 4 is 45.3 Å². The van der Waals surface area contributed by atoms with Gasteiger partial charge in [0, 0.05) is 35.8 Å². The summed E-state index contributed by atoms with van der Waals surface area (Å²) in [6, 6.07) is 2.95. The van der Waals surface area contributed by atoms with Gasteiger partial charge in [0.25, 0.3) is 5.91 Å². The maximum Gasteiger partial charge on any atom is 0.433 e. The average molecular weight is 601 g/mol. The van der Waals surface area contributed by atoms with Gasteiger partial charge in [-0.3, -0.25) is 24.3 Å². The number of aromatic nitrogens is 2. The lowest BCUT2D eigenvalue weighted by Gasteiger charge is -2.21. The zero-order valence-corrected chi connectivity index (χ0v) is 23.7. The minimum atomic E-state index is -4.76. The number of hydrogen-bond acceptors (Lipinski definition) is 7. The van der Waals surface area contributed by atoms with Gasteiger partial charge in [-0.25, -0.2) is 9.78 Å². The number of urea groups is 1. The maximum atomic E-state index is 13.9. The number of rotatable bonds is 5. The molecule has 3 aromatic heterocycles. The number of nitrogens with one attached hydrogen (secondary N) is 1. The quantitative estimate of drug-likeness (QED) is 0.428. The van der Waals surface area contributed by atoms with E-state index in [4.69, 9.17) is 5.73 Å². The Balaban J connectivity index is 1.39. The lowest BCUT2D eigenvalue weighted by molar-refractivity contribution is -0.144. The Bertz CT molecular complexity index is 1660. The molecule has 3 unspecified atom stereocenters. The van der Waals surface area contributed by atoms with E-state index in [1.165, 1.54) is 40.3 Å². The topological polar surface area (TPSA) is 139 Å². The van der Waals surface area contributed by atoms with Gasteiger partial charge in [-0.1, -0.05) is 13.8 Å². The third-order valence-corrected chi connectivity index (χ3v) is 9.61. The van der Waals surface area contributed by atoms with Crippen LogP contribution < -0.4 is 11.1 Å². The standard InChI is InChI=1S/C28H27F3N6O4S/c1-12-8-17(28(29,30)31)35-21(18(12)23(38)36-7-5-13(10-36)34-26(32)41)15-4-6-33-16-9-14(42-22(15)16)11-37-24(39)19-20(25(37)40)27(19,2)3/h4,6,8-9,13,19-20H,5,7,10-11H2,1-3H3,(H3,32,34,41). The summed E-state index contributed by atoms with van der Waals surface area (Å²) in [5.41, 5.74) is 4.42. The summed E-state index contributed by atoms with van der Waals surface area (Å²) in [6.07, 6.45) is -2.90. The summed E-state index contributed by atoms with van der Waals surface area (Å²) < 4.78 is 42.1. The van der Waals surface area contributed by atoms with Crippen molar-refractivity contribution < 1.29 is 32.3 Å². The van der Waals surface area contributed by atoms with Gasteiger partial charge in [-0.05, 0) is 42.5 Å². The molecule has 6 rings (SSSR count). The Morgan fingerprint density at radius 1 is 1.19 bits per heavy atom. The summed E-state index contributed by atoms with van der Waals surface area (Å²) in [5, 5.41) is 2.56. The predicted octanol–water partition coefficient (Wildman–Crippen LogP) is 3.71. The summed E-state index contributed by atoms with van der Waals surface area (Å²) >= 11 is 1.19. The molecule has 0 radical (unpaired) electrons. The van der Waals surface area contributed by atoms with Gasteiger partial charge in [0.2, 0.25) is 11.8 Å². The lowest BCUT2D eigenvalue weighted by atomic mass is 9.99. The highest BCUT2D eigenvalue weighted by atomic mass is 32.1. The van der Waals surface area contributed by atoms with Crippen LogP contribution in [0, 0.1) is 24.2 Å². The molecule has 3 fully saturated rings. The second-order valence-corrected chi connectivity index (χ2v) is 12.8. The van der Waals surface area contributed by atoms with E-state index in [0.29, 0.717) is 21.5 Å². The summed E-state index contributed by atoms with van der Waals surface area (Å²) in [4.78, 5) is 62.4. The number of alkyl halides is 3. The molecule has 3 atom stereocenters. The molecule has 5 amide bonds. The fourth-order valence-electron chi connectivity index (χ4n) is 6.27. The van der Waals surface area contributed by atoms with Gasteiger partial charge in [-0.2, -0.15) is 13.2 Å². The number of amides is 5. The molecule has 1 saturated carbocycles. The van der Waals surface area contributed by atoms with Crippen LogP contribution in [0.25, 0.3) is 21.5 Å². The van der Waals surface area contributed by atoms with Crippen LogP contribution in [-0.4, -0.2) is 62.7 Å². The number of pyridine rings is 2. The van der Waals surface area contributed by atoms with Crippen LogP contribution in [0.4, 0.5) is 18.0 Å². The highest BCUT2D eigenvalue weighted by Crippen LogP contribution is 2.63. The summed E-state index contributed by atoms with van der Waals surface area (Å²) in [7, 11) is 0. The van der Waals surface area contributed by atoms with Gasteiger partial charge in [-0.15, -0.1) is 11.3 Å². The van der Waals surface area contributed by atoms with Gasteiger partial charge < -0.3 is 16.0 Å². The molecule has 0 spiro atoms. The van der Waals surface area contributed by atoms with Crippen molar-refractivity contribution in [3.8, 4) is 11.3 Å². The highest BCUT2D eigenvalue weighted by molar-refractivity contribution is 7.19. The molecule has 1 aliphatic carbocycles. The number of nitrogens with zero attached hydrogens (tertiary/aromatic N) is 4. The van der Waals surface area contributed by atoms with Gasteiger partial charge >= 0.3 is 12.2 Å². The third kappa shape index (κ3) is 4.48. The molecular weight excluding hydrogens is 573 g/mol. The molecule has 14 heteroatoms. The van der Waals surface area contributed by atoms with E-state index in [-0.39, 0.29) is 77.1 Å². The molecule has 2 saturated heterocycles. The molecule has 2 aliphatic heterocycles. The number of fused-ring (bicyclic) bond motifs is 2. The summed E-state index contributed by atoms with van der Waals surface area (Å²) in [5.74, 6) is -1.63. The molecule has 3 aliphatic rings. The highest BCUT2D eigenvalue weighted by Gasteiger charge is 2.72. The number of nitrogens with two attached hydrogens (primary N) is 1. The first-order valence-corrected chi connectivity index (χ1v) is 14.2. The molecule has 10 nitrogen and oxygen atoms in total. The molecule has 5 heterocycles. The number of carbonyl (C=O) groups excluding carboxylic acids is 4. The number of likely N-dealkylation sites (tertiary alicyclic amines) is 2. The smallest absolute Gasteiger partial charge is 0.352 e. The monoisotopic (exact) mass is 600 g/mol. The predicted molar refractivity (Wildman–Crippen MR) is 146 cm³/mol. The number of aryl methyl sites for hydroxylation is 1. The number of halogens is 3. The Labute approximate surface area is 242 Å². The number of thiophene rings is 1. The fraction of sp³-hybridized carbons (Fsp3) is 0.429. The van der Waals surface area contributed by atoms with Crippen molar-refractivity contribution in [2.75, 3.05) is 13.1 Å². The summed E-state index contributed by atoms with van der Waals surface area (Å²) in [6.45, 7) is 5.67. The molecular formula is C28H27F3N6O4S. The first-order chi connectivity index (χ1) is 19.7.